The Morgan fingerprint density at radius 2 is 1.81 bits per heavy atom. The SMILES string of the molecule is COC(=O)c1c(C)[nH]c(C(=O)NC(C)CCC(C)C)c1C. The summed E-state index contributed by atoms with van der Waals surface area (Å²) in [5, 5.41) is 2.97. The molecule has 0 aliphatic heterocycles. The molecule has 0 fully saturated rings. The maximum absolute atomic E-state index is 12.3. The average Bonchev–Trinajstić information content (AvgIpc) is 2.71. The average molecular weight is 294 g/mol. The van der Waals surface area contributed by atoms with Gasteiger partial charge in [0, 0.05) is 11.7 Å². The molecule has 118 valence electrons. The molecular formula is C16H26N2O3. The third-order valence-corrected chi connectivity index (χ3v) is 3.61. The second kappa shape index (κ2) is 7.29. The Morgan fingerprint density at radius 3 is 2.33 bits per heavy atom. The number of H-pyrrole nitrogens is 1. The van der Waals surface area contributed by atoms with Crippen molar-refractivity contribution in [3.63, 3.8) is 0 Å². The van der Waals surface area contributed by atoms with E-state index in [0.29, 0.717) is 28.4 Å². The molecule has 1 aromatic heterocycles. The molecule has 0 aliphatic carbocycles. The van der Waals surface area contributed by atoms with Gasteiger partial charge in [0.15, 0.2) is 0 Å². The normalized spacial score (nSPS) is 12.3. The van der Waals surface area contributed by atoms with Gasteiger partial charge in [0.25, 0.3) is 5.91 Å². The fourth-order valence-electron chi connectivity index (χ4n) is 2.34. The van der Waals surface area contributed by atoms with Crippen molar-refractivity contribution < 1.29 is 14.3 Å². The van der Waals surface area contributed by atoms with E-state index in [2.05, 4.69) is 24.1 Å². The molecule has 5 nitrogen and oxygen atoms in total. The van der Waals surface area contributed by atoms with Crippen LogP contribution in [0.1, 0.15) is 65.7 Å². The maximum Gasteiger partial charge on any atom is 0.339 e. The van der Waals surface area contributed by atoms with Gasteiger partial charge < -0.3 is 15.0 Å². The van der Waals surface area contributed by atoms with Crippen molar-refractivity contribution in [3.05, 3.63) is 22.5 Å². The minimum atomic E-state index is -0.423. The van der Waals surface area contributed by atoms with E-state index in [0.717, 1.165) is 12.8 Å². The number of aromatic nitrogens is 1. The zero-order chi connectivity index (χ0) is 16.2. The standard InChI is InChI=1S/C16H26N2O3/c1-9(2)7-8-10(3)17-15(19)14-11(4)13(12(5)18-14)16(20)21-6/h9-10,18H,7-8H2,1-6H3,(H,17,19). The number of hydrogen-bond donors (Lipinski definition) is 2. The highest BCUT2D eigenvalue weighted by Crippen LogP contribution is 2.19. The summed E-state index contributed by atoms with van der Waals surface area (Å²) in [4.78, 5) is 27.0. The minimum Gasteiger partial charge on any atom is -0.465 e. The van der Waals surface area contributed by atoms with E-state index in [4.69, 9.17) is 4.74 Å². The Bertz CT molecular complexity index is 518. The first-order valence-corrected chi connectivity index (χ1v) is 7.36. The summed E-state index contributed by atoms with van der Waals surface area (Å²) in [6.45, 7) is 9.83. The number of aromatic amines is 1. The molecule has 0 radical (unpaired) electrons. The van der Waals surface area contributed by atoms with Gasteiger partial charge in [0.1, 0.15) is 5.69 Å². The van der Waals surface area contributed by atoms with Crippen molar-refractivity contribution in [2.24, 2.45) is 5.92 Å². The number of nitrogens with one attached hydrogen (secondary N) is 2. The molecule has 1 rings (SSSR count). The number of rotatable bonds is 6. The number of ether oxygens (including phenoxy) is 1. The van der Waals surface area contributed by atoms with Crippen molar-refractivity contribution >= 4 is 11.9 Å². The van der Waals surface area contributed by atoms with Crippen LogP contribution in [0, 0.1) is 19.8 Å². The molecule has 0 aromatic carbocycles. The highest BCUT2D eigenvalue weighted by molar-refractivity contribution is 6.00. The van der Waals surface area contributed by atoms with Crippen LogP contribution in [0.25, 0.3) is 0 Å². The quantitative estimate of drug-likeness (QED) is 0.792. The molecule has 0 aliphatic rings. The zero-order valence-electron chi connectivity index (χ0n) is 13.8. The van der Waals surface area contributed by atoms with Crippen LogP contribution in [0.3, 0.4) is 0 Å². The molecule has 1 aromatic rings. The van der Waals surface area contributed by atoms with E-state index in [1.54, 1.807) is 13.8 Å². The van der Waals surface area contributed by atoms with Gasteiger partial charge in [0.05, 0.1) is 12.7 Å². The first-order chi connectivity index (χ1) is 9.77. The van der Waals surface area contributed by atoms with E-state index in [-0.39, 0.29) is 11.9 Å². The first-order valence-electron chi connectivity index (χ1n) is 7.36. The highest BCUT2D eigenvalue weighted by atomic mass is 16.5. The fourth-order valence-corrected chi connectivity index (χ4v) is 2.34. The van der Waals surface area contributed by atoms with Crippen LogP contribution in [0.4, 0.5) is 0 Å². The van der Waals surface area contributed by atoms with Crippen molar-refractivity contribution in [2.45, 2.75) is 53.5 Å². The lowest BCUT2D eigenvalue weighted by Gasteiger charge is -2.15. The van der Waals surface area contributed by atoms with Gasteiger partial charge in [-0.2, -0.15) is 0 Å². The number of methoxy groups -OCH3 is 1. The number of hydrogen-bond acceptors (Lipinski definition) is 3. The van der Waals surface area contributed by atoms with Crippen molar-refractivity contribution in [1.82, 2.24) is 10.3 Å². The van der Waals surface area contributed by atoms with Crippen LogP contribution < -0.4 is 5.32 Å². The number of carbonyl (C=O) groups excluding carboxylic acids is 2. The molecule has 1 unspecified atom stereocenters. The largest absolute Gasteiger partial charge is 0.465 e. The summed E-state index contributed by atoms with van der Waals surface area (Å²) in [6.07, 6.45) is 2.00. The van der Waals surface area contributed by atoms with E-state index >= 15 is 0 Å². The van der Waals surface area contributed by atoms with Crippen molar-refractivity contribution in [3.8, 4) is 0 Å². The zero-order valence-corrected chi connectivity index (χ0v) is 13.8. The van der Waals surface area contributed by atoms with Gasteiger partial charge in [-0.3, -0.25) is 4.79 Å². The van der Waals surface area contributed by atoms with Gasteiger partial charge in [0.2, 0.25) is 0 Å². The predicted octanol–water partition coefficient (Wildman–Crippen LogP) is 2.97. The molecule has 1 heterocycles. The molecule has 5 heteroatoms. The second-order valence-electron chi connectivity index (χ2n) is 5.96. The number of carbonyl (C=O) groups is 2. The van der Waals surface area contributed by atoms with Gasteiger partial charge >= 0.3 is 5.97 Å². The van der Waals surface area contributed by atoms with Crippen molar-refractivity contribution in [1.29, 1.82) is 0 Å². The van der Waals surface area contributed by atoms with Gasteiger partial charge in [-0.15, -0.1) is 0 Å². The molecule has 0 spiro atoms. The lowest BCUT2D eigenvalue weighted by molar-refractivity contribution is 0.0599. The Morgan fingerprint density at radius 1 is 1.19 bits per heavy atom. The van der Waals surface area contributed by atoms with Crippen molar-refractivity contribution in [2.75, 3.05) is 7.11 Å². The van der Waals surface area contributed by atoms with Gasteiger partial charge in [-0.25, -0.2) is 4.79 Å². The summed E-state index contributed by atoms with van der Waals surface area (Å²) >= 11 is 0. The van der Waals surface area contributed by atoms with E-state index in [1.165, 1.54) is 7.11 Å². The topological polar surface area (TPSA) is 71.2 Å². The van der Waals surface area contributed by atoms with Gasteiger partial charge in [-0.05, 0) is 45.1 Å². The molecule has 0 saturated heterocycles. The number of amides is 1. The molecule has 21 heavy (non-hydrogen) atoms. The summed E-state index contributed by atoms with van der Waals surface area (Å²) in [5.74, 6) is 0.0138. The Balaban J connectivity index is 2.82. The summed E-state index contributed by atoms with van der Waals surface area (Å²) in [5.41, 5.74) is 2.16. The van der Waals surface area contributed by atoms with E-state index in [9.17, 15) is 9.59 Å². The fraction of sp³-hybridized carbons (Fsp3) is 0.625. The van der Waals surface area contributed by atoms with Gasteiger partial charge in [-0.1, -0.05) is 13.8 Å². The van der Waals surface area contributed by atoms with E-state index in [1.807, 2.05) is 6.92 Å². The minimum absolute atomic E-state index is 0.101. The molecular weight excluding hydrogens is 268 g/mol. The third-order valence-electron chi connectivity index (χ3n) is 3.61. The van der Waals surface area contributed by atoms with Crippen LogP contribution in [-0.2, 0) is 4.74 Å². The third kappa shape index (κ3) is 4.34. The predicted molar refractivity (Wildman–Crippen MR) is 82.6 cm³/mol. The second-order valence-corrected chi connectivity index (χ2v) is 5.96. The first kappa shape index (κ1) is 17.3. The Kier molecular flexibility index (Phi) is 6.00. The van der Waals surface area contributed by atoms with Crippen LogP contribution in [0.5, 0.6) is 0 Å². The molecule has 2 N–H and O–H groups in total. The van der Waals surface area contributed by atoms with E-state index < -0.39 is 5.97 Å². The monoisotopic (exact) mass is 294 g/mol. The lowest BCUT2D eigenvalue weighted by atomic mass is 10.0. The summed E-state index contributed by atoms with van der Waals surface area (Å²) < 4.78 is 4.75. The Labute approximate surface area is 126 Å². The summed E-state index contributed by atoms with van der Waals surface area (Å²) in [6, 6.07) is 0.101. The number of esters is 1. The number of aryl methyl sites for hydroxylation is 1. The van der Waals surface area contributed by atoms with Crippen LogP contribution in [-0.4, -0.2) is 30.0 Å². The molecule has 1 atom stereocenters. The summed E-state index contributed by atoms with van der Waals surface area (Å²) in [7, 11) is 1.34. The smallest absolute Gasteiger partial charge is 0.339 e. The lowest BCUT2D eigenvalue weighted by Crippen LogP contribution is -2.33. The highest BCUT2D eigenvalue weighted by Gasteiger charge is 2.23. The molecule has 0 bridgehead atoms. The molecule has 0 saturated carbocycles. The van der Waals surface area contributed by atoms with Crippen LogP contribution in [0.2, 0.25) is 0 Å². The van der Waals surface area contributed by atoms with Crippen LogP contribution >= 0.6 is 0 Å². The molecule has 1 amide bonds. The Hall–Kier alpha value is -1.78. The van der Waals surface area contributed by atoms with Crippen LogP contribution in [0.15, 0.2) is 0 Å². The maximum atomic E-state index is 12.3.